The zero-order valence-electron chi connectivity index (χ0n) is 8.17. The lowest BCUT2D eigenvalue weighted by molar-refractivity contribution is -0.181. The standard InChI is InChI=1S/C9H16O4/c1-3-5-6-9(12-4-2)7-11-8(10)13-9/h3-7H2,1-2H3. The van der Waals surface area contributed by atoms with Crippen LogP contribution in [0.2, 0.25) is 0 Å². The van der Waals surface area contributed by atoms with Gasteiger partial charge in [-0.25, -0.2) is 4.79 Å². The summed E-state index contributed by atoms with van der Waals surface area (Å²) in [7, 11) is 0. The fourth-order valence-corrected chi connectivity index (χ4v) is 1.36. The van der Waals surface area contributed by atoms with Gasteiger partial charge in [0.05, 0.1) is 0 Å². The second-order valence-corrected chi connectivity index (χ2v) is 3.09. The highest BCUT2D eigenvalue weighted by Gasteiger charge is 2.42. The summed E-state index contributed by atoms with van der Waals surface area (Å²) >= 11 is 0. The highest BCUT2D eigenvalue weighted by Crippen LogP contribution is 2.27. The van der Waals surface area contributed by atoms with E-state index in [1.54, 1.807) is 0 Å². The van der Waals surface area contributed by atoms with Crippen molar-refractivity contribution in [2.24, 2.45) is 0 Å². The van der Waals surface area contributed by atoms with Crippen molar-refractivity contribution in [1.29, 1.82) is 0 Å². The van der Waals surface area contributed by atoms with E-state index >= 15 is 0 Å². The number of hydrogen-bond donors (Lipinski definition) is 0. The van der Waals surface area contributed by atoms with Crippen LogP contribution in [0.1, 0.15) is 33.1 Å². The maximum atomic E-state index is 10.8. The van der Waals surface area contributed by atoms with Crippen LogP contribution in [0.5, 0.6) is 0 Å². The van der Waals surface area contributed by atoms with E-state index in [1.807, 2.05) is 6.92 Å². The number of rotatable bonds is 5. The van der Waals surface area contributed by atoms with Gasteiger partial charge in [-0.05, 0) is 13.3 Å². The van der Waals surface area contributed by atoms with Gasteiger partial charge in [-0.15, -0.1) is 0 Å². The quantitative estimate of drug-likeness (QED) is 0.619. The maximum absolute atomic E-state index is 10.8. The molecule has 0 amide bonds. The first-order valence-corrected chi connectivity index (χ1v) is 4.72. The van der Waals surface area contributed by atoms with Crippen molar-refractivity contribution in [2.75, 3.05) is 13.2 Å². The van der Waals surface area contributed by atoms with Gasteiger partial charge in [0, 0.05) is 13.0 Å². The number of ether oxygens (including phenoxy) is 3. The summed E-state index contributed by atoms with van der Waals surface area (Å²) in [4.78, 5) is 10.8. The Labute approximate surface area is 78.2 Å². The maximum Gasteiger partial charge on any atom is 0.511 e. The fourth-order valence-electron chi connectivity index (χ4n) is 1.36. The van der Waals surface area contributed by atoms with Crippen LogP contribution in [-0.2, 0) is 14.2 Å². The van der Waals surface area contributed by atoms with Gasteiger partial charge in [-0.2, -0.15) is 0 Å². The van der Waals surface area contributed by atoms with Crippen LogP contribution in [0.25, 0.3) is 0 Å². The van der Waals surface area contributed by atoms with Crippen LogP contribution in [0.3, 0.4) is 0 Å². The van der Waals surface area contributed by atoms with Crippen LogP contribution >= 0.6 is 0 Å². The molecule has 4 nitrogen and oxygen atoms in total. The van der Waals surface area contributed by atoms with Crippen molar-refractivity contribution in [3.05, 3.63) is 0 Å². The van der Waals surface area contributed by atoms with Gasteiger partial charge in [-0.1, -0.05) is 13.3 Å². The molecule has 1 rings (SSSR count). The Morgan fingerprint density at radius 1 is 1.54 bits per heavy atom. The summed E-state index contributed by atoms with van der Waals surface area (Å²) in [5.74, 6) is -0.804. The lowest BCUT2D eigenvalue weighted by atomic mass is 10.1. The van der Waals surface area contributed by atoms with Crippen molar-refractivity contribution in [3.8, 4) is 0 Å². The minimum atomic E-state index is -0.804. The molecule has 1 aliphatic heterocycles. The number of carbonyl (C=O) groups is 1. The summed E-state index contributed by atoms with van der Waals surface area (Å²) < 4.78 is 15.1. The smallest absolute Gasteiger partial charge is 0.427 e. The van der Waals surface area contributed by atoms with Crippen LogP contribution in [-0.4, -0.2) is 25.2 Å². The normalized spacial score (nSPS) is 27.1. The minimum Gasteiger partial charge on any atom is -0.427 e. The molecule has 0 bridgehead atoms. The number of unbranched alkanes of at least 4 members (excludes halogenated alkanes) is 1. The van der Waals surface area contributed by atoms with E-state index in [9.17, 15) is 4.79 Å². The molecule has 1 heterocycles. The summed E-state index contributed by atoms with van der Waals surface area (Å²) in [5.41, 5.74) is 0. The first kappa shape index (κ1) is 10.3. The zero-order chi connectivity index (χ0) is 9.73. The summed E-state index contributed by atoms with van der Waals surface area (Å²) in [5, 5.41) is 0. The second kappa shape index (κ2) is 4.46. The molecule has 4 heteroatoms. The molecule has 0 N–H and O–H groups in total. The van der Waals surface area contributed by atoms with E-state index in [1.165, 1.54) is 0 Å². The Morgan fingerprint density at radius 3 is 2.77 bits per heavy atom. The predicted molar refractivity (Wildman–Crippen MR) is 46.3 cm³/mol. The van der Waals surface area contributed by atoms with Crippen LogP contribution in [0, 0.1) is 0 Å². The number of hydrogen-bond acceptors (Lipinski definition) is 4. The third kappa shape index (κ3) is 2.59. The molecule has 0 spiro atoms. The van der Waals surface area contributed by atoms with Gasteiger partial charge in [0.2, 0.25) is 0 Å². The molecule has 1 aliphatic rings. The molecule has 0 aliphatic carbocycles. The Kier molecular flexibility index (Phi) is 3.54. The predicted octanol–water partition coefficient (Wildman–Crippen LogP) is 2.08. The first-order chi connectivity index (χ1) is 6.22. The first-order valence-electron chi connectivity index (χ1n) is 4.72. The average Bonchev–Trinajstić information content (AvgIpc) is 2.46. The number of cyclic esters (lactones) is 2. The summed E-state index contributed by atoms with van der Waals surface area (Å²) in [6.45, 7) is 4.71. The highest BCUT2D eigenvalue weighted by atomic mass is 16.8. The van der Waals surface area contributed by atoms with Gasteiger partial charge >= 0.3 is 6.16 Å². The van der Waals surface area contributed by atoms with E-state index < -0.39 is 11.9 Å². The molecule has 1 unspecified atom stereocenters. The molecule has 1 fully saturated rings. The van der Waals surface area contributed by atoms with Crippen molar-refractivity contribution < 1.29 is 19.0 Å². The lowest BCUT2D eigenvalue weighted by Crippen LogP contribution is -2.35. The third-order valence-corrected chi connectivity index (χ3v) is 2.00. The Bertz CT molecular complexity index is 180. The molecule has 0 aromatic carbocycles. The zero-order valence-corrected chi connectivity index (χ0v) is 8.17. The Hall–Kier alpha value is -0.770. The monoisotopic (exact) mass is 188 g/mol. The van der Waals surface area contributed by atoms with Gasteiger partial charge in [0.25, 0.3) is 5.79 Å². The highest BCUT2D eigenvalue weighted by molar-refractivity contribution is 5.62. The molecule has 0 saturated carbocycles. The molecule has 0 aromatic rings. The average molecular weight is 188 g/mol. The molecular weight excluding hydrogens is 172 g/mol. The molecule has 1 atom stereocenters. The third-order valence-electron chi connectivity index (χ3n) is 2.00. The van der Waals surface area contributed by atoms with Crippen molar-refractivity contribution in [1.82, 2.24) is 0 Å². The molecule has 13 heavy (non-hydrogen) atoms. The molecule has 0 aromatic heterocycles. The van der Waals surface area contributed by atoms with Crippen molar-refractivity contribution in [2.45, 2.75) is 38.9 Å². The van der Waals surface area contributed by atoms with Gasteiger partial charge in [-0.3, -0.25) is 0 Å². The largest absolute Gasteiger partial charge is 0.511 e. The van der Waals surface area contributed by atoms with E-state index in [-0.39, 0.29) is 6.61 Å². The van der Waals surface area contributed by atoms with Crippen LogP contribution in [0.4, 0.5) is 4.79 Å². The molecule has 0 radical (unpaired) electrons. The minimum absolute atomic E-state index is 0.222. The molecular formula is C9H16O4. The van der Waals surface area contributed by atoms with Gasteiger partial charge in [0.15, 0.2) is 6.61 Å². The fraction of sp³-hybridized carbons (Fsp3) is 0.889. The van der Waals surface area contributed by atoms with E-state index in [0.29, 0.717) is 13.0 Å². The van der Waals surface area contributed by atoms with Gasteiger partial charge in [0.1, 0.15) is 0 Å². The van der Waals surface area contributed by atoms with Crippen molar-refractivity contribution >= 4 is 6.16 Å². The van der Waals surface area contributed by atoms with Crippen LogP contribution in [0.15, 0.2) is 0 Å². The topological polar surface area (TPSA) is 44.8 Å². The molecule has 76 valence electrons. The number of carbonyl (C=O) groups excluding carboxylic acids is 1. The van der Waals surface area contributed by atoms with E-state index in [2.05, 4.69) is 6.92 Å². The van der Waals surface area contributed by atoms with Gasteiger partial charge < -0.3 is 14.2 Å². The van der Waals surface area contributed by atoms with Crippen LogP contribution < -0.4 is 0 Å². The van der Waals surface area contributed by atoms with E-state index in [0.717, 1.165) is 12.8 Å². The Balaban J connectivity index is 2.48. The summed E-state index contributed by atoms with van der Waals surface area (Å²) in [6, 6.07) is 0. The SMILES string of the molecule is CCCCC1(OCC)COC(=O)O1. The Morgan fingerprint density at radius 2 is 2.31 bits per heavy atom. The molecule has 1 saturated heterocycles. The van der Waals surface area contributed by atoms with E-state index in [4.69, 9.17) is 14.2 Å². The lowest BCUT2D eigenvalue weighted by Gasteiger charge is -2.23. The van der Waals surface area contributed by atoms with Crippen molar-refractivity contribution in [3.63, 3.8) is 0 Å². The summed E-state index contributed by atoms with van der Waals surface area (Å²) in [6.07, 6.45) is 2.11. The second-order valence-electron chi connectivity index (χ2n) is 3.09.